The van der Waals surface area contributed by atoms with E-state index in [1.807, 2.05) is 10.7 Å². The second-order valence-electron chi connectivity index (χ2n) is 10.4. The van der Waals surface area contributed by atoms with E-state index >= 15 is 0 Å². The van der Waals surface area contributed by atoms with Crippen LogP contribution in [-0.2, 0) is 43.3 Å². The first-order valence-corrected chi connectivity index (χ1v) is 13.0. The monoisotopic (exact) mass is 544 g/mol. The van der Waals surface area contributed by atoms with Gasteiger partial charge in [-0.3, -0.25) is 9.58 Å². The summed E-state index contributed by atoms with van der Waals surface area (Å²) in [5.41, 5.74) is -1.49. The third-order valence-corrected chi connectivity index (χ3v) is 7.76. The smallest absolute Gasteiger partial charge is 0.416 e. The lowest BCUT2D eigenvalue weighted by atomic mass is 9.84. The van der Waals surface area contributed by atoms with Gasteiger partial charge in [-0.2, -0.15) is 31.4 Å². The third kappa shape index (κ3) is 5.94. The Kier molecular flexibility index (Phi) is 7.36. The Hall–Kier alpha value is -2.76. The quantitative estimate of drug-likeness (QED) is 0.420. The van der Waals surface area contributed by atoms with Crippen molar-refractivity contribution in [1.29, 1.82) is 0 Å². The van der Waals surface area contributed by atoms with Crippen molar-refractivity contribution >= 4 is 6.09 Å². The Morgan fingerprint density at radius 2 is 1.47 bits per heavy atom. The highest BCUT2D eigenvalue weighted by molar-refractivity contribution is 5.67. The molecule has 1 amide bonds. The molecule has 3 aliphatic rings. The van der Waals surface area contributed by atoms with Gasteiger partial charge in [0.05, 0.1) is 29.1 Å². The van der Waals surface area contributed by atoms with E-state index in [2.05, 4.69) is 4.90 Å². The fraction of sp³-hybridized carbons (Fsp3) is 0.615. The molecule has 0 N–H and O–H groups in total. The van der Waals surface area contributed by atoms with Gasteiger partial charge in [-0.25, -0.2) is 4.79 Å². The predicted molar refractivity (Wildman–Crippen MR) is 125 cm³/mol. The molecule has 2 aromatic rings. The molecule has 38 heavy (non-hydrogen) atoms. The molecule has 0 unspecified atom stereocenters. The summed E-state index contributed by atoms with van der Waals surface area (Å²) >= 11 is 0. The minimum absolute atomic E-state index is 0.0515. The summed E-state index contributed by atoms with van der Waals surface area (Å²) in [4.78, 5) is 16.8. The summed E-state index contributed by atoms with van der Waals surface area (Å²) in [7, 11) is 0. The number of halogens is 6. The highest BCUT2D eigenvalue weighted by Crippen LogP contribution is 2.37. The molecule has 208 valence electrons. The fourth-order valence-electron chi connectivity index (χ4n) is 5.97. The van der Waals surface area contributed by atoms with Crippen LogP contribution in [0.4, 0.5) is 31.1 Å². The lowest BCUT2D eigenvalue weighted by Gasteiger charge is -2.45. The number of aromatic nitrogens is 2. The Bertz CT molecular complexity index is 1110. The number of piperidine rings is 2. The SMILES string of the molecule is O=C(OCc1cc(C(F)(F)F)cc(C(F)(F)F)c1)N1CCCn2nc(CN3C4CCCC3CCC4)cc2C1. The Morgan fingerprint density at radius 1 is 0.868 bits per heavy atom. The van der Waals surface area contributed by atoms with Crippen molar-refractivity contribution in [2.45, 2.75) is 95.6 Å². The second kappa shape index (κ2) is 10.4. The van der Waals surface area contributed by atoms with E-state index in [-0.39, 0.29) is 18.2 Å². The maximum atomic E-state index is 13.1. The Morgan fingerprint density at radius 3 is 2.05 bits per heavy atom. The van der Waals surface area contributed by atoms with Crippen LogP contribution < -0.4 is 0 Å². The first kappa shape index (κ1) is 26.8. The van der Waals surface area contributed by atoms with Crippen LogP contribution in [0.1, 0.15) is 73.0 Å². The van der Waals surface area contributed by atoms with Gasteiger partial charge in [0, 0.05) is 31.7 Å². The molecule has 0 radical (unpaired) electrons. The van der Waals surface area contributed by atoms with Crippen molar-refractivity contribution in [3.05, 3.63) is 52.3 Å². The number of hydrogen-bond donors (Lipinski definition) is 0. The van der Waals surface area contributed by atoms with Crippen molar-refractivity contribution < 1.29 is 35.9 Å². The molecule has 2 saturated heterocycles. The van der Waals surface area contributed by atoms with E-state index in [0.29, 0.717) is 43.7 Å². The zero-order valence-corrected chi connectivity index (χ0v) is 20.8. The van der Waals surface area contributed by atoms with Crippen molar-refractivity contribution in [2.24, 2.45) is 0 Å². The first-order chi connectivity index (χ1) is 18.0. The van der Waals surface area contributed by atoms with E-state index in [1.165, 1.54) is 43.4 Å². The zero-order valence-electron chi connectivity index (χ0n) is 20.8. The molecule has 1 aromatic carbocycles. The van der Waals surface area contributed by atoms with Crippen LogP contribution in [0.15, 0.2) is 24.3 Å². The van der Waals surface area contributed by atoms with Crippen LogP contribution in [0, 0.1) is 0 Å². The topological polar surface area (TPSA) is 50.6 Å². The van der Waals surface area contributed by atoms with Gasteiger partial charge in [0.2, 0.25) is 0 Å². The van der Waals surface area contributed by atoms with Gasteiger partial charge in [-0.15, -0.1) is 0 Å². The van der Waals surface area contributed by atoms with Gasteiger partial charge in [0.25, 0.3) is 0 Å². The number of fused-ring (bicyclic) bond motifs is 3. The number of rotatable bonds is 4. The van der Waals surface area contributed by atoms with Gasteiger partial charge >= 0.3 is 18.4 Å². The average Bonchev–Trinajstić information content (AvgIpc) is 3.10. The Balaban J connectivity index is 1.24. The minimum atomic E-state index is -4.96. The maximum Gasteiger partial charge on any atom is 0.416 e. The molecule has 1 aromatic heterocycles. The van der Waals surface area contributed by atoms with Gasteiger partial charge in [-0.1, -0.05) is 12.8 Å². The van der Waals surface area contributed by atoms with Gasteiger partial charge in [0.1, 0.15) is 6.61 Å². The molecular formula is C26H30F6N4O2. The van der Waals surface area contributed by atoms with Crippen LogP contribution in [0.3, 0.4) is 0 Å². The molecule has 6 nitrogen and oxygen atoms in total. The van der Waals surface area contributed by atoms with E-state index in [4.69, 9.17) is 9.84 Å². The molecular weight excluding hydrogens is 514 g/mol. The molecule has 3 aliphatic heterocycles. The molecule has 5 rings (SSSR count). The van der Waals surface area contributed by atoms with E-state index < -0.39 is 36.2 Å². The van der Waals surface area contributed by atoms with Crippen LogP contribution in [0.2, 0.25) is 0 Å². The molecule has 0 spiro atoms. The van der Waals surface area contributed by atoms with Crippen LogP contribution in [0.25, 0.3) is 0 Å². The molecule has 2 bridgehead atoms. The largest absolute Gasteiger partial charge is 0.445 e. The fourth-order valence-corrected chi connectivity index (χ4v) is 5.97. The average molecular weight is 545 g/mol. The Labute approximate surface area is 216 Å². The number of carbonyl (C=O) groups excluding carboxylic acids is 1. The molecule has 0 atom stereocenters. The normalized spacial score (nSPS) is 22.6. The highest BCUT2D eigenvalue weighted by Gasteiger charge is 2.37. The van der Waals surface area contributed by atoms with Crippen LogP contribution in [0.5, 0.6) is 0 Å². The lowest BCUT2D eigenvalue weighted by molar-refractivity contribution is -0.143. The van der Waals surface area contributed by atoms with Gasteiger partial charge < -0.3 is 9.64 Å². The summed E-state index contributed by atoms with van der Waals surface area (Å²) < 4.78 is 85.8. The van der Waals surface area contributed by atoms with Crippen molar-refractivity contribution in [2.75, 3.05) is 6.54 Å². The van der Waals surface area contributed by atoms with Crippen molar-refractivity contribution in [3.63, 3.8) is 0 Å². The lowest BCUT2D eigenvalue weighted by Crippen LogP contribution is -2.49. The van der Waals surface area contributed by atoms with E-state index in [1.54, 1.807) is 0 Å². The number of nitrogens with zero attached hydrogens (tertiary/aromatic N) is 4. The van der Waals surface area contributed by atoms with Crippen molar-refractivity contribution in [3.8, 4) is 0 Å². The summed E-state index contributed by atoms with van der Waals surface area (Å²) in [6.07, 6.45) is -2.76. The van der Waals surface area contributed by atoms with E-state index in [9.17, 15) is 31.1 Å². The number of hydrogen-bond acceptors (Lipinski definition) is 4. The molecule has 0 saturated carbocycles. The molecule has 12 heteroatoms. The number of benzene rings is 1. The number of amides is 1. The number of ether oxygens (including phenoxy) is 1. The van der Waals surface area contributed by atoms with Crippen LogP contribution >= 0.6 is 0 Å². The van der Waals surface area contributed by atoms with Gasteiger partial charge in [-0.05, 0) is 61.9 Å². The predicted octanol–water partition coefficient (Wildman–Crippen LogP) is 6.37. The highest BCUT2D eigenvalue weighted by atomic mass is 19.4. The third-order valence-electron chi connectivity index (χ3n) is 7.76. The summed E-state index contributed by atoms with van der Waals surface area (Å²) in [5, 5.41) is 4.77. The summed E-state index contributed by atoms with van der Waals surface area (Å²) in [5.74, 6) is 0. The maximum absolute atomic E-state index is 13.1. The van der Waals surface area contributed by atoms with Crippen LogP contribution in [-0.4, -0.2) is 44.3 Å². The second-order valence-corrected chi connectivity index (χ2v) is 10.4. The number of carbonyl (C=O) groups is 1. The van der Waals surface area contributed by atoms with E-state index in [0.717, 1.165) is 17.9 Å². The van der Waals surface area contributed by atoms with Gasteiger partial charge in [0.15, 0.2) is 0 Å². The molecule has 4 heterocycles. The number of alkyl halides is 6. The molecule has 2 fully saturated rings. The van der Waals surface area contributed by atoms with Crippen molar-refractivity contribution in [1.82, 2.24) is 19.6 Å². The summed E-state index contributed by atoms with van der Waals surface area (Å²) in [6, 6.07) is 4.35. The standard InChI is InChI=1S/C26H30F6N4O2/c27-25(28,29)18-10-17(11-19(12-18)26(30,31)32)16-38-24(37)34-8-3-9-36-23(15-34)13-20(33-36)14-35-21-4-1-5-22(35)7-2-6-21/h10-13,21-22H,1-9,14-16H2. The first-order valence-electron chi connectivity index (χ1n) is 13.0. The number of aryl methyl sites for hydroxylation is 1. The zero-order chi connectivity index (χ0) is 27.1. The minimum Gasteiger partial charge on any atom is -0.445 e. The molecule has 0 aliphatic carbocycles. The summed E-state index contributed by atoms with van der Waals surface area (Å²) in [6.45, 7) is 1.20.